The first-order valence-electron chi connectivity index (χ1n) is 18.2. The Balaban J connectivity index is 0.000000226. The van der Waals surface area contributed by atoms with Gasteiger partial charge in [-0.05, 0) is 68.5 Å². The van der Waals surface area contributed by atoms with Crippen molar-refractivity contribution in [1.29, 1.82) is 0 Å². The second-order valence-corrected chi connectivity index (χ2v) is 19.9. The summed E-state index contributed by atoms with van der Waals surface area (Å²) in [5, 5.41) is 15.1. The fraction of sp³-hybridized carbons (Fsp3) is 0.405. The summed E-state index contributed by atoms with van der Waals surface area (Å²) in [7, 11) is -7.84. The van der Waals surface area contributed by atoms with Crippen LogP contribution in [0.3, 0.4) is 0 Å². The third kappa shape index (κ3) is 8.73. The Hall–Kier alpha value is -4.57. The minimum Gasteiger partial charge on any atom is -0.399 e. The molecule has 0 aliphatic carbocycles. The lowest BCUT2D eigenvalue weighted by atomic mass is 9.94. The highest BCUT2D eigenvalue weighted by Crippen LogP contribution is 2.34. The van der Waals surface area contributed by atoms with Crippen LogP contribution in [0.15, 0.2) is 61.6 Å². The molecule has 2 aliphatic heterocycles. The Morgan fingerprint density at radius 1 is 0.810 bits per heavy atom. The van der Waals surface area contributed by atoms with Gasteiger partial charge in [-0.1, -0.05) is 53.8 Å². The second-order valence-electron chi connectivity index (χ2n) is 13.2. The van der Waals surface area contributed by atoms with Crippen molar-refractivity contribution in [2.24, 2.45) is 10.3 Å². The van der Waals surface area contributed by atoms with Crippen molar-refractivity contribution in [3.63, 3.8) is 0 Å². The average molecular weight is 893 g/mol. The van der Waals surface area contributed by atoms with Gasteiger partial charge in [-0.15, -0.1) is 0 Å². The van der Waals surface area contributed by atoms with Gasteiger partial charge in [-0.25, -0.2) is 21.5 Å². The molecule has 0 radical (unpaired) electrons. The van der Waals surface area contributed by atoms with E-state index in [0.717, 1.165) is 0 Å². The average Bonchev–Trinajstić information content (AvgIpc) is 3.75. The Morgan fingerprint density at radius 2 is 1.31 bits per heavy atom. The van der Waals surface area contributed by atoms with E-state index in [1.807, 2.05) is 13.8 Å². The zero-order valence-corrected chi connectivity index (χ0v) is 37.1. The Kier molecular flexibility index (Phi) is 13.6. The number of sulfone groups is 2. The van der Waals surface area contributed by atoms with Crippen LogP contribution in [0.5, 0.6) is 5.88 Å². The topological polar surface area (TPSA) is 210 Å². The molecule has 0 atom stereocenters. The summed E-state index contributed by atoms with van der Waals surface area (Å²) in [5.74, 6) is -0.158. The van der Waals surface area contributed by atoms with E-state index in [2.05, 4.69) is 20.5 Å². The number of benzene rings is 2. The molecule has 6 rings (SSSR count). The normalized spacial score (nSPS) is 16.8. The van der Waals surface area contributed by atoms with E-state index >= 15 is 0 Å². The summed E-state index contributed by atoms with van der Waals surface area (Å²) in [6.45, 7) is 9.84. The zero-order valence-electron chi connectivity index (χ0n) is 33.0. The van der Waals surface area contributed by atoms with Crippen molar-refractivity contribution >= 4 is 75.4 Å². The molecular formula is C37H44N6O10S5. The number of hydrogen-bond donors (Lipinski definition) is 1. The molecule has 0 unspecified atom stereocenters. The molecule has 0 fully saturated rings. The van der Waals surface area contributed by atoms with Gasteiger partial charge in [-0.3, -0.25) is 9.48 Å². The molecule has 58 heavy (non-hydrogen) atoms. The van der Waals surface area contributed by atoms with Gasteiger partial charge in [0.05, 0.1) is 65.5 Å². The van der Waals surface area contributed by atoms with E-state index in [1.54, 1.807) is 39.1 Å². The van der Waals surface area contributed by atoms with Gasteiger partial charge in [-0.2, -0.15) is 13.5 Å². The largest absolute Gasteiger partial charge is 0.399 e. The monoisotopic (exact) mass is 892 g/mol. The minimum absolute atomic E-state index is 0.00948. The first-order chi connectivity index (χ1) is 27.4. The van der Waals surface area contributed by atoms with Crippen LogP contribution in [0.4, 0.5) is 0 Å². The summed E-state index contributed by atoms with van der Waals surface area (Å²) in [6, 6.07) is 6.32. The second kappa shape index (κ2) is 17.7. The van der Waals surface area contributed by atoms with Crippen molar-refractivity contribution in [3.05, 3.63) is 91.5 Å². The van der Waals surface area contributed by atoms with Gasteiger partial charge in [0.15, 0.2) is 19.7 Å². The minimum atomic E-state index is -3.82. The van der Waals surface area contributed by atoms with Crippen molar-refractivity contribution in [3.8, 4) is 5.88 Å². The number of oxime groups is 2. The van der Waals surface area contributed by atoms with Gasteiger partial charge in [0, 0.05) is 43.3 Å². The van der Waals surface area contributed by atoms with E-state index in [0.29, 0.717) is 85.2 Å². The molecule has 0 saturated carbocycles. The van der Waals surface area contributed by atoms with Crippen LogP contribution in [0, 0.1) is 13.8 Å². The number of nitrogens with one attached hydrogen (secondary N) is 1. The summed E-state index contributed by atoms with van der Waals surface area (Å²) in [6.07, 6.45) is 3.93. The first-order valence-corrected chi connectivity index (χ1v) is 23.9. The maximum atomic E-state index is 12.6. The molecule has 21 heteroatoms. The van der Waals surface area contributed by atoms with Gasteiger partial charge in [0.25, 0.3) is 5.56 Å². The number of aromatic amines is 1. The van der Waals surface area contributed by atoms with E-state index in [1.165, 1.54) is 41.9 Å². The predicted octanol–water partition coefficient (Wildman–Crippen LogP) is 4.42. The third-order valence-electron chi connectivity index (χ3n) is 9.60. The maximum absolute atomic E-state index is 12.6. The van der Waals surface area contributed by atoms with Crippen molar-refractivity contribution in [1.82, 2.24) is 19.6 Å². The van der Waals surface area contributed by atoms with Crippen molar-refractivity contribution in [2.45, 2.75) is 76.8 Å². The quantitative estimate of drug-likeness (QED) is 0.0905. The molecule has 0 saturated heterocycles. The number of nitrogens with zero attached hydrogens (tertiary/aromatic N) is 5. The number of aromatic nitrogens is 4. The van der Waals surface area contributed by atoms with Crippen LogP contribution < -0.4 is 9.74 Å². The van der Waals surface area contributed by atoms with E-state index in [4.69, 9.17) is 38.3 Å². The molecule has 0 bridgehead atoms. The number of thiocarbonyl (C=S) groups is 2. The Bertz CT molecular complexity index is 2750. The Morgan fingerprint density at radius 3 is 1.74 bits per heavy atom. The highest BCUT2D eigenvalue weighted by Gasteiger charge is 2.33. The van der Waals surface area contributed by atoms with Crippen LogP contribution in [-0.4, -0.2) is 97.4 Å². The molecule has 16 nitrogen and oxygen atoms in total. The lowest BCUT2D eigenvalue weighted by Gasteiger charge is -2.22. The first kappa shape index (κ1) is 44.5. The predicted molar refractivity (Wildman–Crippen MR) is 228 cm³/mol. The van der Waals surface area contributed by atoms with Crippen molar-refractivity contribution in [2.75, 3.05) is 31.5 Å². The lowest BCUT2D eigenvalue weighted by Crippen LogP contribution is -2.25. The van der Waals surface area contributed by atoms with Crippen LogP contribution in [0.25, 0.3) is 0 Å². The molecule has 4 heterocycles. The van der Waals surface area contributed by atoms with Gasteiger partial charge in [0.1, 0.15) is 14.2 Å². The van der Waals surface area contributed by atoms with E-state index in [9.17, 15) is 30.0 Å². The SMILES string of the molecule is CCCS(=O)(=O)Oc1c(C(=S)c2ccc3c(c2C)/C(=N/OC)CCS3(=O)=O)cnn1CC.CCn1[nH]cc(C(=S)c2ccc3c(c2C)/C(=N/OC)CCS3(=O)=O)c1=O. The number of fused-ring (bicyclic) bond motifs is 2. The van der Waals surface area contributed by atoms with Gasteiger partial charge < -0.3 is 19.0 Å². The molecular weight excluding hydrogens is 849 g/mol. The van der Waals surface area contributed by atoms with Crippen LogP contribution in [-0.2, 0) is 52.6 Å². The Labute approximate surface area is 348 Å². The van der Waals surface area contributed by atoms with Crippen LogP contribution in [0.1, 0.15) is 84.5 Å². The van der Waals surface area contributed by atoms with Crippen molar-refractivity contribution < 1.29 is 39.1 Å². The standard InChI is InChI=1S/C20H25N3O6S3.C17H19N3O4S2/c1-5-10-32(26,27)29-20-15(12-21-23(20)6-2)19(30)14-7-8-17-18(13(14)3)16(22-28-4)9-11-31(17,24)25;1-4-20-17(21)12(9-18-20)16(25)11-5-6-14-15(10(11)2)13(19-24-3)7-8-26(14,22)23/h7-8,12H,5-6,9-11H2,1-4H3;5-6,9,18H,4,7-8H2,1-3H3/b22-16+;19-13+. The zero-order chi connectivity index (χ0) is 42.7. The summed E-state index contributed by atoms with van der Waals surface area (Å²) >= 11 is 11.2. The van der Waals surface area contributed by atoms with Gasteiger partial charge >= 0.3 is 10.1 Å². The third-order valence-corrected chi connectivity index (χ3v) is 15.3. The number of rotatable bonds is 12. The smallest absolute Gasteiger partial charge is 0.310 e. The molecule has 312 valence electrons. The van der Waals surface area contributed by atoms with Gasteiger partial charge in [0.2, 0.25) is 5.88 Å². The molecule has 4 aromatic rings. The maximum Gasteiger partial charge on any atom is 0.310 e. The van der Waals surface area contributed by atoms with Crippen LogP contribution >= 0.6 is 24.4 Å². The molecule has 2 aromatic heterocycles. The highest BCUT2D eigenvalue weighted by atomic mass is 32.2. The summed E-state index contributed by atoms with van der Waals surface area (Å²) in [4.78, 5) is 23.3. The highest BCUT2D eigenvalue weighted by molar-refractivity contribution is 7.92. The molecule has 2 aliphatic rings. The van der Waals surface area contributed by atoms with Crippen LogP contribution in [0.2, 0.25) is 0 Å². The molecule has 1 N–H and O–H groups in total. The fourth-order valence-corrected chi connectivity index (χ4v) is 11.6. The van der Waals surface area contributed by atoms with E-state index < -0.39 is 29.8 Å². The number of hydrogen-bond acceptors (Lipinski definition) is 15. The number of H-pyrrole nitrogens is 1. The fourth-order valence-electron chi connectivity index (χ4n) is 6.79. The number of aryl methyl sites for hydroxylation is 2. The molecule has 2 aromatic carbocycles. The lowest BCUT2D eigenvalue weighted by molar-refractivity contribution is 0.213. The van der Waals surface area contributed by atoms with E-state index in [-0.39, 0.29) is 51.3 Å². The molecule has 0 amide bonds. The summed E-state index contributed by atoms with van der Waals surface area (Å²) < 4.78 is 83.0. The summed E-state index contributed by atoms with van der Waals surface area (Å²) in [5.41, 5.74) is 5.08. The molecule has 0 spiro atoms.